The SMILES string of the molecule is Cc1ccc2[nH]c(=O)c(CNC(=O)Cc3cc(C)on3)cc2c1. The molecule has 0 atom stereocenters. The normalized spacial score (nSPS) is 10.9. The van der Waals surface area contributed by atoms with Gasteiger partial charge in [-0.15, -0.1) is 0 Å². The molecule has 0 saturated heterocycles. The molecular weight excluding hydrogens is 294 g/mol. The maximum Gasteiger partial charge on any atom is 0.253 e. The third-order valence-corrected chi connectivity index (χ3v) is 3.57. The molecule has 0 fully saturated rings. The molecule has 2 N–H and O–H groups in total. The van der Waals surface area contributed by atoms with Gasteiger partial charge < -0.3 is 14.8 Å². The van der Waals surface area contributed by atoms with Crippen molar-refractivity contribution in [2.75, 3.05) is 0 Å². The third kappa shape index (κ3) is 3.48. The van der Waals surface area contributed by atoms with Crippen LogP contribution >= 0.6 is 0 Å². The fraction of sp³-hybridized carbons (Fsp3) is 0.235. The predicted molar refractivity (Wildman–Crippen MR) is 86.1 cm³/mol. The van der Waals surface area contributed by atoms with Crippen molar-refractivity contribution in [3.63, 3.8) is 0 Å². The molecule has 0 radical (unpaired) electrons. The fourth-order valence-corrected chi connectivity index (χ4v) is 2.42. The first-order valence-electron chi connectivity index (χ1n) is 7.33. The molecule has 0 bridgehead atoms. The summed E-state index contributed by atoms with van der Waals surface area (Å²) in [6.45, 7) is 3.94. The van der Waals surface area contributed by atoms with E-state index in [1.54, 1.807) is 13.0 Å². The Labute approximate surface area is 132 Å². The number of benzene rings is 1. The summed E-state index contributed by atoms with van der Waals surface area (Å²) in [5.41, 5.74) is 2.80. The molecular formula is C17H17N3O3. The van der Waals surface area contributed by atoms with Gasteiger partial charge >= 0.3 is 0 Å². The number of H-pyrrole nitrogens is 1. The van der Waals surface area contributed by atoms with Gasteiger partial charge in [0.15, 0.2) is 0 Å². The first-order valence-corrected chi connectivity index (χ1v) is 7.33. The number of carbonyl (C=O) groups is 1. The van der Waals surface area contributed by atoms with Crippen LogP contribution in [0.1, 0.15) is 22.6 Å². The molecule has 0 unspecified atom stereocenters. The Balaban J connectivity index is 1.72. The van der Waals surface area contributed by atoms with E-state index < -0.39 is 0 Å². The number of pyridine rings is 1. The van der Waals surface area contributed by atoms with Crippen molar-refractivity contribution in [1.29, 1.82) is 0 Å². The number of aromatic amines is 1. The quantitative estimate of drug-likeness (QED) is 0.771. The average Bonchev–Trinajstić information content (AvgIpc) is 2.90. The Bertz CT molecular complexity index is 924. The maximum absolute atomic E-state index is 12.1. The summed E-state index contributed by atoms with van der Waals surface area (Å²) in [6.07, 6.45) is 0.127. The average molecular weight is 311 g/mol. The molecule has 2 heterocycles. The van der Waals surface area contributed by atoms with Crippen molar-refractivity contribution >= 4 is 16.8 Å². The first-order chi connectivity index (χ1) is 11.0. The summed E-state index contributed by atoms with van der Waals surface area (Å²) >= 11 is 0. The monoisotopic (exact) mass is 311 g/mol. The highest BCUT2D eigenvalue weighted by atomic mass is 16.5. The van der Waals surface area contributed by atoms with Gasteiger partial charge in [-0.2, -0.15) is 0 Å². The van der Waals surface area contributed by atoms with Crippen LogP contribution < -0.4 is 10.9 Å². The van der Waals surface area contributed by atoms with E-state index >= 15 is 0 Å². The number of nitrogens with zero attached hydrogens (tertiary/aromatic N) is 1. The number of amides is 1. The van der Waals surface area contributed by atoms with Crippen molar-refractivity contribution in [3.05, 3.63) is 63.3 Å². The lowest BCUT2D eigenvalue weighted by Gasteiger charge is -2.06. The first kappa shape index (κ1) is 15.0. The number of hydrogen-bond donors (Lipinski definition) is 2. The summed E-state index contributed by atoms with van der Waals surface area (Å²) in [6, 6.07) is 9.34. The van der Waals surface area contributed by atoms with Crippen molar-refractivity contribution in [1.82, 2.24) is 15.5 Å². The molecule has 1 amide bonds. The van der Waals surface area contributed by atoms with Crippen LogP contribution in [0.2, 0.25) is 0 Å². The van der Waals surface area contributed by atoms with Crippen LogP contribution in [-0.2, 0) is 17.8 Å². The molecule has 3 rings (SSSR count). The number of aromatic nitrogens is 2. The van der Waals surface area contributed by atoms with Gasteiger partial charge in [0.1, 0.15) is 5.76 Å². The van der Waals surface area contributed by atoms with Crippen molar-refractivity contribution in [3.8, 4) is 0 Å². The highest BCUT2D eigenvalue weighted by molar-refractivity contribution is 5.80. The van der Waals surface area contributed by atoms with E-state index in [1.807, 2.05) is 31.2 Å². The van der Waals surface area contributed by atoms with E-state index in [9.17, 15) is 9.59 Å². The smallest absolute Gasteiger partial charge is 0.253 e. The zero-order valence-electron chi connectivity index (χ0n) is 13.0. The Hall–Kier alpha value is -2.89. The number of fused-ring (bicyclic) bond motifs is 1. The van der Waals surface area contributed by atoms with E-state index in [0.29, 0.717) is 17.0 Å². The van der Waals surface area contributed by atoms with Gasteiger partial charge in [-0.25, -0.2) is 0 Å². The standard InChI is InChI=1S/C17H17N3O3/c1-10-3-4-15-12(5-10)7-13(17(22)19-15)9-18-16(21)8-14-6-11(2)23-20-14/h3-7H,8-9H2,1-2H3,(H,18,21)(H,19,22). The largest absolute Gasteiger partial charge is 0.361 e. The van der Waals surface area contributed by atoms with Gasteiger partial charge in [0.05, 0.1) is 12.1 Å². The summed E-state index contributed by atoms with van der Waals surface area (Å²) in [4.78, 5) is 26.8. The lowest BCUT2D eigenvalue weighted by molar-refractivity contribution is -0.120. The van der Waals surface area contributed by atoms with Gasteiger partial charge in [0.2, 0.25) is 5.91 Å². The maximum atomic E-state index is 12.1. The number of rotatable bonds is 4. The van der Waals surface area contributed by atoms with Gasteiger partial charge in [0, 0.05) is 23.7 Å². The van der Waals surface area contributed by atoms with Crippen LogP contribution in [0.5, 0.6) is 0 Å². The second-order valence-corrected chi connectivity index (χ2v) is 5.60. The summed E-state index contributed by atoms with van der Waals surface area (Å²) in [5.74, 6) is 0.455. The second-order valence-electron chi connectivity index (χ2n) is 5.60. The Morgan fingerprint density at radius 2 is 2.09 bits per heavy atom. The van der Waals surface area contributed by atoms with Crippen LogP contribution in [0.3, 0.4) is 0 Å². The highest BCUT2D eigenvalue weighted by Gasteiger charge is 2.09. The molecule has 6 heteroatoms. The van der Waals surface area contributed by atoms with E-state index in [0.717, 1.165) is 16.5 Å². The van der Waals surface area contributed by atoms with E-state index in [1.165, 1.54) is 0 Å². The topological polar surface area (TPSA) is 88.0 Å². The van der Waals surface area contributed by atoms with Crippen molar-refractivity contribution in [2.45, 2.75) is 26.8 Å². The van der Waals surface area contributed by atoms with Crippen LogP contribution in [0.15, 0.2) is 39.6 Å². The number of aryl methyl sites for hydroxylation is 2. The lowest BCUT2D eigenvalue weighted by Crippen LogP contribution is -2.28. The van der Waals surface area contributed by atoms with Crippen LogP contribution in [0.25, 0.3) is 10.9 Å². The Morgan fingerprint density at radius 3 is 2.83 bits per heavy atom. The zero-order valence-corrected chi connectivity index (χ0v) is 13.0. The summed E-state index contributed by atoms with van der Waals surface area (Å²) in [5, 5.41) is 7.46. The molecule has 0 spiro atoms. The van der Waals surface area contributed by atoms with Gasteiger partial charge in [-0.05, 0) is 37.4 Å². The van der Waals surface area contributed by atoms with E-state index in [2.05, 4.69) is 15.5 Å². The van der Waals surface area contributed by atoms with E-state index in [-0.39, 0.29) is 24.4 Å². The van der Waals surface area contributed by atoms with Crippen molar-refractivity contribution in [2.24, 2.45) is 0 Å². The Morgan fingerprint density at radius 1 is 1.26 bits per heavy atom. The van der Waals surface area contributed by atoms with Gasteiger partial charge in [-0.3, -0.25) is 9.59 Å². The summed E-state index contributed by atoms with van der Waals surface area (Å²) in [7, 11) is 0. The van der Waals surface area contributed by atoms with Crippen LogP contribution in [0, 0.1) is 13.8 Å². The molecule has 6 nitrogen and oxygen atoms in total. The number of hydrogen-bond acceptors (Lipinski definition) is 4. The molecule has 0 aliphatic heterocycles. The molecule has 0 aliphatic rings. The minimum Gasteiger partial charge on any atom is -0.361 e. The lowest BCUT2D eigenvalue weighted by atomic mass is 10.1. The fourth-order valence-electron chi connectivity index (χ4n) is 2.42. The predicted octanol–water partition coefficient (Wildman–Crippen LogP) is 1.99. The number of nitrogens with one attached hydrogen (secondary N) is 2. The Kier molecular flexibility index (Phi) is 3.97. The van der Waals surface area contributed by atoms with Crippen LogP contribution in [0.4, 0.5) is 0 Å². The van der Waals surface area contributed by atoms with E-state index in [4.69, 9.17) is 4.52 Å². The molecule has 23 heavy (non-hydrogen) atoms. The molecule has 0 aliphatic carbocycles. The molecule has 2 aromatic heterocycles. The molecule has 118 valence electrons. The molecule has 0 saturated carbocycles. The summed E-state index contributed by atoms with van der Waals surface area (Å²) < 4.78 is 4.92. The van der Waals surface area contributed by atoms with Gasteiger partial charge in [-0.1, -0.05) is 16.8 Å². The molecule has 3 aromatic rings. The van der Waals surface area contributed by atoms with Crippen LogP contribution in [-0.4, -0.2) is 16.0 Å². The second kappa shape index (κ2) is 6.08. The zero-order chi connectivity index (χ0) is 16.4. The third-order valence-electron chi connectivity index (χ3n) is 3.57. The van der Waals surface area contributed by atoms with Gasteiger partial charge in [0.25, 0.3) is 5.56 Å². The highest BCUT2D eigenvalue weighted by Crippen LogP contribution is 2.13. The number of carbonyl (C=O) groups excluding carboxylic acids is 1. The van der Waals surface area contributed by atoms with Crippen molar-refractivity contribution < 1.29 is 9.32 Å². The molecule has 1 aromatic carbocycles. The minimum absolute atomic E-state index is 0.127. The minimum atomic E-state index is -0.206.